The Morgan fingerprint density at radius 2 is 1.63 bits per heavy atom. The maximum absolute atomic E-state index is 5.69. The molecule has 0 saturated carbocycles. The number of nitrogens with one attached hydrogen (secondary N) is 1. The van der Waals surface area contributed by atoms with Gasteiger partial charge in [-0.25, -0.2) is 0 Å². The molecule has 1 rings (SSSR count). The highest BCUT2D eigenvalue weighted by atomic mass is 16.5. The van der Waals surface area contributed by atoms with Crippen molar-refractivity contribution in [2.75, 3.05) is 19.7 Å². The minimum absolute atomic E-state index is 0.750. The van der Waals surface area contributed by atoms with E-state index in [-0.39, 0.29) is 0 Å². The quantitative estimate of drug-likeness (QED) is 0.604. The Bertz CT molecular complexity index is 308. The maximum atomic E-state index is 5.69. The summed E-state index contributed by atoms with van der Waals surface area (Å²) >= 11 is 0. The van der Waals surface area contributed by atoms with Crippen molar-refractivity contribution in [3.8, 4) is 5.75 Å². The molecule has 0 atom stereocenters. The normalized spacial score (nSPS) is 10.6. The van der Waals surface area contributed by atoms with Crippen molar-refractivity contribution in [1.29, 1.82) is 0 Å². The van der Waals surface area contributed by atoms with Gasteiger partial charge in [0, 0.05) is 6.54 Å². The largest absolute Gasteiger partial charge is 0.492 e. The first-order valence-corrected chi connectivity index (χ1v) is 7.79. The fraction of sp³-hybridized carbons (Fsp3) is 0.647. The lowest BCUT2D eigenvalue weighted by Gasteiger charge is -2.08. The van der Waals surface area contributed by atoms with Gasteiger partial charge in [0.05, 0.1) is 0 Å². The van der Waals surface area contributed by atoms with Gasteiger partial charge in [-0.15, -0.1) is 0 Å². The van der Waals surface area contributed by atoms with Crippen molar-refractivity contribution in [2.24, 2.45) is 0 Å². The lowest BCUT2D eigenvalue weighted by molar-refractivity contribution is 0.313. The molecule has 2 nitrogen and oxygen atoms in total. The van der Waals surface area contributed by atoms with Crippen LogP contribution in [0.1, 0.15) is 51.5 Å². The topological polar surface area (TPSA) is 21.3 Å². The summed E-state index contributed by atoms with van der Waals surface area (Å²) in [6, 6.07) is 8.39. The third-order valence-electron chi connectivity index (χ3n) is 3.34. The minimum atomic E-state index is 0.750. The fourth-order valence-corrected chi connectivity index (χ4v) is 2.04. The molecular weight excluding hydrogens is 234 g/mol. The van der Waals surface area contributed by atoms with Gasteiger partial charge in [-0.3, -0.25) is 0 Å². The second-order valence-corrected chi connectivity index (χ2v) is 5.01. The number of unbranched alkanes of at least 4 members (excludes halogenated alkanes) is 4. The van der Waals surface area contributed by atoms with Crippen LogP contribution in [0.25, 0.3) is 0 Å². The molecule has 2 heteroatoms. The summed E-state index contributed by atoms with van der Waals surface area (Å²) in [5, 5.41) is 3.43. The van der Waals surface area contributed by atoms with Gasteiger partial charge in [0.15, 0.2) is 0 Å². The van der Waals surface area contributed by atoms with E-state index in [1.54, 1.807) is 0 Å². The summed E-state index contributed by atoms with van der Waals surface area (Å²) in [6.45, 7) is 7.22. The van der Waals surface area contributed by atoms with Crippen molar-refractivity contribution >= 4 is 0 Å². The van der Waals surface area contributed by atoms with Crippen molar-refractivity contribution in [1.82, 2.24) is 5.32 Å². The summed E-state index contributed by atoms with van der Waals surface area (Å²) in [4.78, 5) is 0. The number of aryl methyl sites for hydroxylation is 1. The van der Waals surface area contributed by atoms with Crippen molar-refractivity contribution in [3.05, 3.63) is 29.8 Å². The van der Waals surface area contributed by atoms with Crippen LogP contribution in [0.4, 0.5) is 0 Å². The van der Waals surface area contributed by atoms with Crippen LogP contribution in [-0.4, -0.2) is 19.7 Å². The maximum Gasteiger partial charge on any atom is 0.119 e. The molecule has 1 N–H and O–H groups in total. The molecular formula is C17H29NO. The highest BCUT2D eigenvalue weighted by molar-refractivity contribution is 5.27. The van der Waals surface area contributed by atoms with Crippen LogP contribution in [-0.2, 0) is 6.42 Å². The predicted octanol–water partition coefficient (Wildman–Crippen LogP) is 4.19. The molecule has 0 aromatic heterocycles. The van der Waals surface area contributed by atoms with E-state index in [1.165, 1.54) is 37.7 Å². The molecule has 0 saturated heterocycles. The van der Waals surface area contributed by atoms with E-state index in [9.17, 15) is 0 Å². The average molecular weight is 263 g/mol. The number of rotatable bonds is 11. The third-order valence-corrected chi connectivity index (χ3v) is 3.34. The van der Waals surface area contributed by atoms with Crippen LogP contribution in [0.5, 0.6) is 5.75 Å². The van der Waals surface area contributed by atoms with Gasteiger partial charge in [-0.2, -0.15) is 0 Å². The average Bonchev–Trinajstić information content (AvgIpc) is 2.46. The number of benzene rings is 1. The summed E-state index contributed by atoms with van der Waals surface area (Å²) in [5.74, 6) is 0.974. The Kier molecular flexibility index (Phi) is 9.17. The summed E-state index contributed by atoms with van der Waals surface area (Å²) in [5.41, 5.74) is 1.36. The Balaban J connectivity index is 1.95. The molecule has 0 radical (unpaired) electrons. The Hall–Kier alpha value is -1.02. The Labute approximate surface area is 118 Å². The lowest BCUT2D eigenvalue weighted by Crippen LogP contribution is -2.22. The summed E-state index contributed by atoms with van der Waals surface area (Å²) in [7, 11) is 0. The molecule has 1 aromatic carbocycles. The highest BCUT2D eigenvalue weighted by Crippen LogP contribution is 2.12. The van der Waals surface area contributed by atoms with Crippen molar-refractivity contribution < 1.29 is 4.74 Å². The standard InChI is InChI=1S/C17H29NO/c1-3-5-6-7-8-13-18-14-15-19-17-11-9-16(4-2)10-12-17/h9-12,18H,3-8,13-15H2,1-2H3. The number of hydrogen-bond acceptors (Lipinski definition) is 2. The first kappa shape index (κ1) is 16.0. The number of ether oxygens (including phenoxy) is 1. The van der Waals surface area contributed by atoms with E-state index in [0.717, 1.165) is 31.9 Å². The predicted molar refractivity (Wildman–Crippen MR) is 82.9 cm³/mol. The van der Waals surface area contributed by atoms with E-state index in [0.29, 0.717) is 0 Å². The van der Waals surface area contributed by atoms with Crippen LogP contribution < -0.4 is 10.1 Å². The molecule has 0 spiro atoms. The zero-order valence-corrected chi connectivity index (χ0v) is 12.6. The van der Waals surface area contributed by atoms with Crippen LogP contribution in [0.2, 0.25) is 0 Å². The molecule has 0 aliphatic heterocycles. The number of hydrogen-bond donors (Lipinski definition) is 1. The van der Waals surface area contributed by atoms with Crippen LogP contribution in [0.15, 0.2) is 24.3 Å². The molecule has 0 bridgehead atoms. The molecule has 0 fully saturated rings. The molecule has 108 valence electrons. The second kappa shape index (κ2) is 10.9. The van der Waals surface area contributed by atoms with Gasteiger partial charge < -0.3 is 10.1 Å². The first-order chi connectivity index (χ1) is 9.36. The van der Waals surface area contributed by atoms with E-state index >= 15 is 0 Å². The molecule has 0 unspecified atom stereocenters. The monoisotopic (exact) mass is 263 g/mol. The summed E-state index contributed by atoms with van der Waals surface area (Å²) in [6.07, 6.45) is 7.78. The third kappa shape index (κ3) is 7.89. The van der Waals surface area contributed by atoms with E-state index < -0.39 is 0 Å². The molecule has 0 aliphatic rings. The molecule has 19 heavy (non-hydrogen) atoms. The van der Waals surface area contributed by atoms with E-state index in [2.05, 4.69) is 43.4 Å². The zero-order valence-electron chi connectivity index (χ0n) is 12.6. The lowest BCUT2D eigenvalue weighted by atomic mass is 10.1. The smallest absolute Gasteiger partial charge is 0.119 e. The van der Waals surface area contributed by atoms with Gasteiger partial charge >= 0.3 is 0 Å². The molecule has 0 heterocycles. The van der Waals surface area contributed by atoms with Crippen LogP contribution in [0, 0.1) is 0 Å². The van der Waals surface area contributed by atoms with E-state index in [1.807, 2.05) is 0 Å². The Morgan fingerprint density at radius 1 is 0.895 bits per heavy atom. The molecule has 0 amide bonds. The van der Waals surface area contributed by atoms with Gasteiger partial charge in [-0.1, -0.05) is 51.7 Å². The highest BCUT2D eigenvalue weighted by Gasteiger charge is 1.94. The fourth-order valence-electron chi connectivity index (χ4n) is 2.04. The van der Waals surface area contributed by atoms with Gasteiger partial charge in [0.25, 0.3) is 0 Å². The van der Waals surface area contributed by atoms with Crippen LogP contribution in [0.3, 0.4) is 0 Å². The zero-order chi connectivity index (χ0) is 13.8. The summed E-state index contributed by atoms with van der Waals surface area (Å²) < 4.78 is 5.69. The van der Waals surface area contributed by atoms with Crippen molar-refractivity contribution in [2.45, 2.75) is 52.4 Å². The second-order valence-electron chi connectivity index (χ2n) is 5.01. The van der Waals surface area contributed by atoms with Crippen molar-refractivity contribution in [3.63, 3.8) is 0 Å². The Morgan fingerprint density at radius 3 is 2.32 bits per heavy atom. The SMILES string of the molecule is CCCCCCCNCCOc1ccc(CC)cc1. The van der Waals surface area contributed by atoms with E-state index in [4.69, 9.17) is 4.74 Å². The van der Waals surface area contributed by atoms with Gasteiger partial charge in [-0.05, 0) is 37.1 Å². The van der Waals surface area contributed by atoms with Gasteiger partial charge in [0.2, 0.25) is 0 Å². The van der Waals surface area contributed by atoms with Crippen LogP contribution >= 0.6 is 0 Å². The molecule has 0 aliphatic carbocycles. The molecule has 1 aromatic rings. The first-order valence-electron chi connectivity index (χ1n) is 7.79. The van der Waals surface area contributed by atoms with Gasteiger partial charge in [0.1, 0.15) is 12.4 Å². The minimum Gasteiger partial charge on any atom is -0.492 e.